The number of ether oxygens (including phenoxy) is 1. The molecule has 3 atom stereocenters. The van der Waals surface area contributed by atoms with Crippen LogP contribution in [-0.4, -0.2) is 40.0 Å². The number of nitrogens with one attached hydrogen (secondary N) is 1. The van der Waals surface area contributed by atoms with Crippen molar-refractivity contribution in [2.24, 2.45) is 11.8 Å². The van der Waals surface area contributed by atoms with Crippen molar-refractivity contribution in [3.8, 4) is 0 Å². The van der Waals surface area contributed by atoms with Gasteiger partial charge in [-0.1, -0.05) is 51.0 Å². The molecule has 0 heterocycles. The number of para-hydroxylation sites is 1. The second-order valence-corrected chi connectivity index (χ2v) is 10.3. The smallest absolute Gasteiger partial charge is 0.338 e. The highest BCUT2D eigenvalue weighted by Gasteiger charge is 2.28. The van der Waals surface area contributed by atoms with Gasteiger partial charge in [-0.15, -0.1) is 0 Å². The van der Waals surface area contributed by atoms with Crippen LogP contribution in [-0.2, 0) is 19.6 Å². The largest absolute Gasteiger partial charge is 0.452 e. The van der Waals surface area contributed by atoms with Crippen LogP contribution < -0.4 is 9.62 Å². The maximum Gasteiger partial charge on any atom is 0.338 e. The van der Waals surface area contributed by atoms with Gasteiger partial charge in [0.25, 0.3) is 15.9 Å². The van der Waals surface area contributed by atoms with E-state index in [1.807, 2.05) is 0 Å². The summed E-state index contributed by atoms with van der Waals surface area (Å²) in [6.07, 6.45) is 3.14. The number of rotatable bonds is 7. The quantitative estimate of drug-likeness (QED) is 0.640. The summed E-state index contributed by atoms with van der Waals surface area (Å²) in [7, 11) is -2.41. The molecule has 0 spiro atoms. The molecular weight excluding hydrogens is 428 g/mol. The molecule has 0 radical (unpaired) electrons. The number of nitrogens with zero attached hydrogens (tertiary/aromatic N) is 1. The minimum absolute atomic E-state index is 0.0345. The average Bonchev–Trinajstić information content (AvgIpc) is 2.80. The lowest BCUT2D eigenvalue weighted by molar-refractivity contribution is -0.125. The van der Waals surface area contributed by atoms with E-state index < -0.39 is 22.6 Å². The maximum absolute atomic E-state index is 13.0. The molecule has 1 aliphatic rings. The minimum atomic E-state index is -3.86. The van der Waals surface area contributed by atoms with E-state index in [0.29, 0.717) is 17.5 Å². The van der Waals surface area contributed by atoms with Crippen molar-refractivity contribution >= 4 is 27.6 Å². The molecule has 1 N–H and O–H groups in total. The Hall–Kier alpha value is -2.87. The third-order valence-electron chi connectivity index (χ3n) is 6.24. The van der Waals surface area contributed by atoms with Gasteiger partial charge in [-0.25, -0.2) is 13.2 Å². The zero-order valence-electron chi connectivity index (χ0n) is 18.7. The van der Waals surface area contributed by atoms with E-state index in [2.05, 4.69) is 19.2 Å². The van der Waals surface area contributed by atoms with Crippen molar-refractivity contribution in [1.82, 2.24) is 5.32 Å². The Labute approximate surface area is 189 Å². The number of amides is 1. The predicted octanol–water partition coefficient (Wildman–Crippen LogP) is 3.61. The number of carbonyl (C=O) groups excluding carboxylic acids is 2. The van der Waals surface area contributed by atoms with E-state index in [1.165, 1.54) is 31.3 Å². The molecule has 0 aliphatic heterocycles. The third kappa shape index (κ3) is 5.48. The summed E-state index contributed by atoms with van der Waals surface area (Å²) in [6.45, 7) is 3.90. The number of sulfonamides is 1. The lowest BCUT2D eigenvalue weighted by Crippen LogP contribution is -2.45. The van der Waals surface area contributed by atoms with Crippen molar-refractivity contribution in [2.75, 3.05) is 18.0 Å². The SMILES string of the molecule is C[C@H]1[C@H](C)CCC[C@@H]1NC(=O)COC(=O)c1cccc(S(=O)(=O)N(C)c2ccccc2)c1. The first-order valence-electron chi connectivity index (χ1n) is 10.8. The molecule has 2 aromatic rings. The fraction of sp³-hybridized carbons (Fsp3) is 0.417. The standard InChI is InChI=1S/C24H30N2O5S/c1-17-9-7-14-22(18(17)2)25-23(27)16-31-24(28)19-10-8-13-21(15-19)32(29,30)26(3)20-11-5-4-6-12-20/h4-6,8,10-13,15,17-18,22H,7,9,14,16H2,1-3H3,(H,25,27)/t17-,18+,22+/m1/s1. The van der Waals surface area contributed by atoms with E-state index in [-0.39, 0.29) is 22.4 Å². The third-order valence-corrected chi connectivity index (χ3v) is 8.02. The summed E-state index contributed by atoms with van der Waals surface area (Å²) in [4.78, 5) is 24.7. The summed E-state index contributed by atoms with van der Waals surface area (Å²) in [6, 6.07) is 14.4. The predicted molar refractivity (Wildman–Crippen MR) is 123 cm³/mol. The van der Waals surface area contributed by atoms with Gasteiger partial charge in [0.05, 0.1) is 16.1 Å². The number of hydrogen-bond donors (Lipinski definition) is 1. The van der Waals surface area contributed by atoms with E-state index in [9.17, 15) is 18.0 Å². The molecule has 0 bridgehead atoms. The van der Waals surface area contributed by atoms with E-state index in [0.717, 1.165) is 23.6 Å². The van der Waals surface area contributed by atoms with Crippen LogP contribution in [0.3, 0.4) is 0 Å². The van der Waals surface area contributed by atoms with Gasteiger partial charge in [0.15, 0.2) is 6.61 Å². The molecule has 32 heavy (non-hydrogen) atoms. The van der Waals surface area contributed by atoms with Crippen molar-refractivity contribution in [1.29, 1.82) is 0 Å². The van der Waals surface area contributed by atoms with Gasteiger partial charge in [0, 0.05) is 13.1 Å². The minimum Gasteiger partial charge on any atom is -0.452 e. The van der Waals surface area contributed by atoms with Crippen LogP contribution in [0.4, 0.5) is 5.69 Å². The van der Waals surface area contributed by atoms with Crippen LogP contribution in [0.25, 0.3) is 0 Å². The molecule has 8 heteroatoms. The van der Waals surface area contributed by atoms with E-state index >= 15 is 0 Å². The Kier molecular flexibility index (Phi) is 7.56. The Morgan fingerprint density at radius 1 is 1.06 bits per heavy atom. The molecule has 0 aromatic heterocycles. The molecule has 7 nitrogen and oxygen atoms in total. The first-order chi connectivity index (χ1) is 15.2. The van der Waals surface area contributed by atoms with Crippen LogP contribution in [0.5, 0.6) is 0 Å². The van der Waals surface area contributed by atoms with Gasteiger partial charge in [-0.3, -0.25) is 9.10 Å². The molecule has 3 rings (SSSR count). The molecule has 1 fully saturated rings. The Bertz CT molecular complexity index is 1060. The summed E-state index contributed by atoms with van der Waals surface area (Å²) < 4.78 is 32.2. The summed E-state index contributed by atoms with van der Waals surface area (Å²) in [5.74, 6) is -0.191. The summed E-state index contributed by atoms with van der Waals surface area (Å²) in [5.41, 5.74) is 0.573. The Balaban J connectivity index is 1.63. The van der Waals surface area contributed by atoms with Gasteiger partial charge in [0.1, 0.15) is 0 Å². The van der Waals surface area contributed by atoms with E-state index in [1.54, 1.807) is 30.3 Å². The number of hydrogen-bond acceptors (Lipinski definition) is 5. The van der Waals surface area contributed by atoms with Gasteiger partial charge in [0.2, 0.25) is 0 Å². The first kappa shape index (κ1) is 23.8. The van der Waals surface area contributed by atoms with Crippen molar-refractivity contribution in [3.63, 3.8) is 0 Å². The average molecular weight is 459 g/mol. The molecule has 1 aliphatic carbocycles. The monoisotopic (exact) mass is 458 g/mol. The van der Waals surface area contributed by atoms with Crippen LogP contribution in [0, 0.1) is 11.8 Å². The number of esters is 1. The van der Waals surface area contributed by atoms with Crippen LogP contribution in [0.1, 0.15) is 43.5 Å². The van der Waals surface area contributed by atoms with Gasteiger partial charge in [-0.05, 0) is 48.6 Å². The van der Waals surface area contributed by atoms with Crippen molar-refractivity contribution in [2.45, 2.75) is 44.0 Å². The molecule has 0 unspecified atom stereocenters. The van der Waals surface area contributed by atoms with Crippen LogP contribution in [0.2, 0.25) is 0 Å². The first-order valence-corrected chi connectivity index (χ1v) is 12.2. The molecule has 172 valence electrons. The van der Waals surface area contributed by atoms with Gasteiger partial charge < -0.3 is 10.1 Å². The molecule has 2 aromatic carbocycles. The van der Waals surface area contributed by atoms with E-state index in [4.69, 9.17) is 4.74 Å². The molecular formula is C24H30N2O5S. The molecule has 1 amide bonds. The normalized spacial score (nSPS) is 20.9. The van der Waals surface area contributed by atoms with Gasteiger partial charge >= 0.3 is 5.97 Å². The highest BCUT2D eigenvalue weighted by molar-refractivity contribution is 7.92. The summed E-state index contributed by atoms with van der Waals surface area (Å²) >= 11 is 0. The number of benzene rings is 2. The summed E-state index contributed by atoms with van der Waals surface area (Å²) in [5, 5.41) is 2.96. The molecule has 1 saturated carbocycles. The Morgan fingerprint density at radius 2 is 1.78 bits per heavy atom. The zero-order valence-corrected chi connectivity index (χ0v) is 19.5. The van der Waals surface area contributed by atoms with Gasteiger partial charge in [-0.2, -0.15) is 0 Å². The maximum atomic E-state index is 13.0. The van der Waals surface area contributed by atoms with Crippen molar-refractivity contribution < 1.29 is 22.7 Å². The highest BCUT2D eigenvalue weighted by atomic mass is 32.2. The number of carbonyl (C=O) groups is 2. The second-order valence-electron chi connectivity index (χ2n) is 8.35. The topological polar surface area (TPSA) is 92.8 Å². The fourth-order valence-electron chi connectivity index (χ4n) is 3.97. The van der Waals surface area contributed by atoms with Crippen LogP contribution >= 0.6 is 0 Å². The number of anilines is 1. The second kappa shape index (κ2) is 10.2. The zero-order chi connectivity index (χ0) is 23.3. The Morgan fingerprint density at radius 3 is 2.50 bits per heavy atom. The van der Waals surface area contributed by atoms with Crippen molar-refractivity contribution in [3.05, 3.63) is 60.2 Å². The van der Waals surface area contributed by atoms with Crippen LogP contribution in [0.15, 0.2) is 59.5 Å². The fourth-order valence-corrected chi connectivity index (χ4v) is 5.21. The lowest BCUT2D eigenvalue weighted by atomic mass is 9.78. The molecule has 0 saturated heterocycles. The highest BCUT2D eigenvalue weighted by Crippen LogP contribution is 2.29. The lowest BCUT2D eigenvalue weighted by Gasteiger charge is -2.34.